The molecule has 2 aromatic heterocycles. The molecule has 2 heterocycles. The summed E-state index contributed by atoms with van der Waals surface area (Å²) in [5, 5.41) is 3.18. The van der Waals surface area contributed by atoms with E-state index in [1.54, 1.807) is 18.2 Å². The average Bonchev–Trinajstić information content (AvgIpc) is 3.11. The summed E-state index contributed by atoms with van der Waals surface area (Å²) in [4.78, 5) is 31.4. The van der Waals surface area contributed by atoms with E-state index in [4.69, 9.17) is 16.0 Å². The second-order valence-corrected chi connectivity index (χ2v) is 5.97. The Morgan fingerprint density at radius 3 is 2.96 bits per heavy atom. The van der Waals surface area contributed by atoms with Crippen LogP contribution in [0.1, 0.15) is 6.42 Å². The van der Waals surface area contributed by atoms with E-state index in [1.807, 2.05) is 24.3 Å². The zero-order chi connectivity index (χ0) is 17.4. The zero-order valence-corrected chi connectivity index (χ0v) is 13.7. The van der Waals surface area contributed by atoms with E-state index in [0.29, 0.717) is 22.1 Å². The molecule has 0 atom stereocenters. The summed E-state index contributed by atoms with van der Waals surface area (Å²) in [5.41, 5.74) is 2.61. The van der Waals surface area contributed by atoms with Crippen LogP contribution in [0.2, 0.25) is 5.02 Å². The Kier molecular flexibility index (Phi) is 3.77. The van der Waals surface area contributed by atoms with Crippen LogP contribution in [0, 0.1) is 0 Å². The number of anilines is 1. The van der Waals surface area contributed by atoms with Crippen molar-refractivity contribution in [1.29, 1.82) is 0 Å². The number of hydrogen-bond donors (Lipinski definition) is 2. The second-order valence-electron chi connectivity index (χ2n) is 5.53. The van der Waals surface area contributed by atoms with Crippen molar-refractivity contribution in [3.8, 4) is 0 Å². The van der Waals surface area contributed by atoms with E-state index in [0.717, 1.165) is 11.0 Å². The van der Waals surface area contributed by atoms with Gasteiger partial charge in [0.1, 0.15) is 0 Å². The van der Waals surface area contributed by atoms with Crippen molar-refractivity contribution in [3.63, 3.8) is 0 Å². The monoisotopic (exact) mass is 356 g/mol. The van der Waals surface area contributed by atoms with Gasteiger partial charge in [0, 0.05) is 24.1 Å². The molecule has 0 spiro atoms. The molecule has 0 radical (unpaired) electrons. The van der Waals surface area contributed by atoms with Crippen LogP contribution in [0.5, 0.6) is 0 Å². The number of H-pyrrole nitrogens is 1. The van der Waals surface area contributed by atoms with Gasteiger partial charge in [-0.25, -0.2) is 9.78 Å². The van der Waals surface area contributed by atoms with Crippen molar-refractivity contribution in [2.75, 3.05) is 5.32 Å². The number of aromatic nitrogens is 3. The molecule has 0 aliphatic carbocycles. The molecule has 4 rings (SSSR count). The molecular formula is C17H13ClN4O3. The third-order valence-corrected chi connectivity index (χ3v) is 4.08. The molecule has 0 saturated heterocycles. The number of carbonyl (C=O) groups is 1. The van der Waals surface area contributed by atoms with Gasteiger partial charge in [-0.15, -0.1) is 0 Å². The number of carbonyl (C=O) groups excluding carboxylic acids is 1. The van der Waals surface area contributed by atoms with Gasteiger partial charge in [0.15, 0.2) is 5.58 Å². The van der Waals surface area contributed by atoms with Crippen LogP contribution in [0.15, 0.2) is 51.7 Å². The topological polar surface area (TPSA) is 92.9 Å². The number of rotatable bonds is 4. The maximum Gasteiger partial charge on any atom is 0.419 e. The number of imidazole rings is 1. The van der Waals surface area contributed by atoms with E-state index in [1.165, 1.54) is 4.57 Å². The molecule has 0 aliphatic heterocycles. The fourth-order valence-electron chi connectivity index (χ4n) is 2.67. The first-order valence-corrected chi connectivity index (χ1v) is 8.01. The largest absolute Gasteiger partial charge is 0.419 e. The Morgan fingerprint density at radius 2 is 2.12 bits per heavy atom. The summed E-state index contributed by atoms with van der Waals surface area (Å²) < 4.78 is 6.55. The summed E-state index contributed by atoms with van der Waals surface area (Å²) in [7, 11) is 0. The van der Waals surface area contributed by atoms with E-state index in [9.17, 15) is 9.59 Å². The van der Waals surface area contributed by atoms with Crippen molar-refractivity contribution in [3.05, 3.63) is 58.0 Å². The lowest BCUT2D eigenvalue weighted by Gasteiger charge is -2.03. The molecule has 4 aromatic rings. The summed E-state index contributed by atoms with van der Waals surface area (Å²) >= 11 is 5.89. The van der Waals surface area contributed by atoms with Crippen molar-refractivity contribution in [2.45, 2.75) is 13.0 Å². The number of aromatic amines is 1. The zero-order valence-electron chi connectivity index (χ0n) is 13.0. The highest BCUT2D eigenvalue weighted by molar-refractivity contribution is 6.31. The first kappa shape index (κ1) is 15.5. The van der Waals surface area contributed by atoms with Gasteiger partial charge in [0.2, 0.25) is 11.9 Å². The number of nitrogens with one attached hydrogen (secondary N) is 2. The van der Waals surface area contributed by atoms with Crippen LogP contribution in [0.3, 0.4) is 0 Å². The standard InChI is InChI=1S/C17H13ClN4O3/c18-10-5-6-13-14(9-10)25-17(24)22(13)8-7-15(23)21-16-19-11-3-1-2-4-12(11)20-16/h1-6,9H,7-8H2,(H2,19,20,21,23). The van der Waals surface area contributed by atoms with Crippen LogP contribution in [0.4, 0.5) is 5.95 Å². The normalized spacial score (nSPS) is 11.2. The smallest absolute Gasteiger partial charge is 0.408 e. The summed E-state index contributed by atoms with van der Waals surface area (Å²) in [6.07, 6.45) is 0.105. The molecule has 25 heavy (non-hydrogen) atoms. The maximum absolute atomic E-state index is 12.1. The summed E-state index contributed by atoms with van der Waals surface area (Å²) in [6, 6.07) is 12.4. The molecule has 0 aliphatic rings. The Labute approximate surface area is 146 Å². The highest BCUT2D eigenvalue weighted by atomic mass is 35.5. The Balaban J connectivity index is 1.48. The minimum absolute atomic E-state index is 0.105. The molecule has 1 amide bonds. The van der Waals surface area contributed by atoms with Crippen LogP contribution in [-0.2, 0) is 11.3 Å². The molecule has 0 bridgehead atoms. The molecule has 0 fully saturated rings. The number of nitrogens with zero attached hydrogens (tertiary/aromatic N) is 2. The molecule has 2 N–H and O–H groups in total. The molecule has 7 nitrogen and oxygen atoms in total. The Hall–Kier alpha value is -3.06. The second kappa shape index (κ2) is 6.10. The van der Waals surface area contributed by atoms with Gasteiger partial charge >= 0.3 is 5.76 Å². The van der Waals surface area contributed by atoms with Gasteiger partial charge in [-0.2, -0.15) is 0 Å². The number of benzene rings is 2. The van der Waals surface area contributed by atoms with Crippen molar-refractivity contribution in [2.24, 2.45) is 0 Å². The first-order valence-electron chi connectivity index (χ1n) is 7.64. The van der Waals surface area contributed by atoms with Crippen molar-refractivity contribution >= 4 is 45.6 Å². The number of fused-ring (bicyclic) bond motifs is 2. The summed E-state index contributed by atoms with van der Waals surface area (Å²) in [5.74, 6) is -0.398. The van der Waals surface area contributed by atoms with E-state index in [2.05, 4.69) is 15.3 Å². The van der Waals surface area contributed by atoms with Crippen LogP contribution < -0.4 is 11.1 Å². The van der Waals surface area contributed by atoms with Crippen LogP contribution in [-0.4, -0.2) is 20.4 Å². The third kappa shape index (κ3) is 3.01. The Bertz CT molecular complexity index is 1110. The van der Waals surface area contributed by atoms with Crippen molar-refractivity contribution in [1.82, 2.24) is 14.5 Å². The van der Waals surface area contributed by atoms with Gasteiger partial charge in [0.25, 0.3) is 0 Å². The fourth-order valence-corrected chi connectivity index (χ4v) is 2.83. The molecule has 8 heteroatoms. The average molecular weight is 357 g/mol. The number of amides is 1. The van der Waals surface area contributed by atoms with E-state index >= 15 is 0 Å². The van der Waals surface area contributed by atoms with Gasteiger partial charge in [-0.1, -0.05) is 23.7 Å². The predicted octanol–water partition coefficient (Wildman–Crippen LogP) is 3.15. The number of aryl methyl sites for hydroxylation is 1. The maximum atomic E-state index is 12.1. The van der Waals surface area contributed by atoms with Gasteiger partial charge in [-0.3, -0.25) is 14.7 Å². The van der Waals surface area contributed by atoms with E-state index < -0.39 is 5.76 Å². The predicted molar refractivity (Wildman–Crippen MR) is 94.8 cm³/mol. The number of para-hydroxylation sites is 2. The van der Waals surface area contributed by atoms with E-state index in [-0.39, 0.29) is 18.9 Å². The lowest BCUT2D eigenvalue weighted by Crippen LogP contribution is -2.20. The van der Waals surface area contributed by atoms with Gasteiger partial charge in [0.05, 0.1) is 16.6 Å². The summed E-state index contributed by atoms with van der Waals surface area (Å²) in [6.45, 7) is 0.194. The fraction of sp³-hybridized carbons (Fsp3) is 0.118. The molecule has 126 valence electrons. The lowest BCUT2D eigenvalue weighted by molar-refractivity contribution is -0.116. The number of hydrogen-bond acceptors (Lipinski definition) is 4. The molecule has 0 saturated carbocycles. The Morgan fingerprint density at radius 1 is 1.28 bits per heavy atom. The lowest BCUT2D eigenvalue weighted by atomic mass is 10.3. The van der Waals surface area contributed by atoms with Gasteiger partial charge in [-0.05, 0) is 24.3 Å². The first-order chi connectivity index (χ1) is 12.1. The van der Waals surface area contributed by atoms with Crippen molar-refractivity contribution < 1.29 is 9.21 Å². The minimum atomic E-state index is -0.520. The molecular weight excluding hydrogens is 344 g/mol. The number of oxazole rings is 1. The number of halogens is 1. The van der Waals surface area contributed by atoms with Crippen LogP contribution >= 0.6 is 11.6 Å². The molecule has 2 aromatic carbocycles. The SMILES string of the molecule is O=C(CCn1c(=O)oc2cc(Cl)ccc21)Nc1nc2ccccc2[nH]1. The van der Waals surface area contributed by atoms with Gasteiger partial charge < -0.3 is 9.40 Å². The highest BCUT2D eigenvalue weighted by Gasteiger charge is 2.12. The minimum Gasteiger partial charge on any atom is -0.408 e. The highest BCUT2D eigenvalue weighted by Crippen LogP contribution is 2.19. The quantitative estimate of drug-likeness (QED) is 0.587. The molecule has 0 unspecified atom stereocenters. The third-order valence-electron chi connectivity index (χ3n) is 3.84. The van der Waals surface area contributed by atoms with Crippen LogP contribution in [0.25, 0.3) is 22.1 Å².